The number of phenolic OH excluding ortho intramolecular Hbond substituents is 1. The molecule has 0 bridgehead atoms. The van der Waals surface area contributed by atoms with E-state index in [4.69, 9.17) is 28.3 Å². The van der Waals surface area contributed by atoms with Gasteiger partial charge in [0.1, 0.15) is 17.3 Å². The van der Waals surface area contributed by atoms with Crippen LogP contribution in [0, 0.1) is 5.82 Å². The van der Waals surface area contributed by atoms with E-state index in [9.17, 15) is 22.4 Å². The molecule has 1 amide bonds. The van der Waals surface area contributed by atoms with Crippen LogP contribution in [0.4, 0.5) is 23.2 Å². The normalized spacial score (nSPS) is 13.5. The van der Waals surface area contributed by atoms with Gasteiger partial charge in [0.05, 0.1) is 15.6 Å². The van der Waals surface area contributed by atoms with Crippen molar-refractivity contribution in [3.63, 3.8) is 0 Å². The van der Waals surface area contributed by atoms with Gasteiger partial charge in [-0.1, -0.05) is 35.1 Å². The van der Waals surface area contributed by atoms with Crippen LogP contribution in [0.25, 0.3) is 0 Å². The van der Waals surface area contributed by atoms with Crippen LogP contribution < -0.4 is 14.4 Å². The van der Waals surface area contributed by atoms with Gasteiger partial charge in [-0.2, -0.15) is 0 Å². The molecule has 0 radical (unpaired) electrons. The van der Waals surface area contributed by atoms with Gasteiger partial charge < -0.3 is 14.7 Å². The molecule has 0 aromatic heterocycles. The van der Waals surface area contributed by atoms with Crippen molar-refractivity contribution in [1.82, 2.24) is 4.72 Å². The summed E-state index contributed by atoms with van der Waals surface area (Å²) in [4.78, 5) is 13.3. The number of halogens is 6. The Bertz CT molecular complexity index is 926. The summed E-state index contributed by atoms with van der Waals surface area (Å²) in [5, 5.41) is 8.95. The van der Waals surface area contributed by atoms with Crippen molar-refractivity contribution in [3.8, 4) is 11.5 Å². The number of anilines is 1. The fourth-order valence-electron chi connectivity index (χ4n) is 2.73. The fourth-order valence-corrected chi connectivity index (χ4v) is 3.40. The number of amides is 1. The van der Waals surface area contributed by atoms with Crippen LogP contribution >= 0.6 is 35.1 Å². The quantitative estimate of drug-likeness (QED) is 0.396. The molecule has 0 spiro atoms. The van der Waals surface area contributed by atoms with E-state index >= 15 is 0 Å². The van der Waals surface area contributed by atoms with Gasteiger partial charge >= 0.3 is 6.36 Å². The number of alkyl halides is 3. The van der Waals surface area contributed by atoms with Gasteiger partial charge in [-0.15, -0.1) is 13.2 Å². The van der Waals surface area contributed by atoms with E-state index in [2.05, 4.69) is 14.4 Å². The molecule has 2 N–H and O–H groups in total. The molecule has 170 valence electrons. The summed E-state index contributed by atoms with van der Waals surface area (Å²) >= 11 is 12.3. The highest BCUT2D eigenvalue weighted by Gasteiger charge is 2.32. The predicted molar refractivity (Wildman–Crippen MR) is 114 cm³/mol. The molecule has 31 heavy (non-hydrogen) atoms. The van der Waals surface area contributed by atoms with E-state index in [1.165, 1.54) is 12.1 Å². The lowest BCUT2D eigenvalue weighted by Gasteiger charge is -2.19. The number of nitrogens with zero attached hydrogens (tertiary/aromatic N) is 1. The van der Waals surface area contributed by atoms with Crippen LogP contribution in [0.5, 0.6) is 11.5 Å². The number of nitrogens with one attached hydrogen (secondary N) is 1. The summed E-state index contributed by atoms with van der Waals surface area (Å²) in [5.74, 6) is -2.14. The van der Waals surface area contributed by atoms with E-state index in [1.807, 2.05) is 0 Å². The summed E-state index contributed by atoms with van der Waals surface area (Å²) < 4.78 is 55.4. The first kappa shape index (κ1) is 25.2. The molecule has 5 nitrogen and oxygen atoms in total. The Hall–Kier alpha value is -2.04. The predicted octanol–water partition coefficient (Wildman–Crippen LogP) is 6.03. The molecule has 2 aromatic rings. The Morgan fingerprint density at radius 1 is 1.16 bits per heavy atom. The molecule has 0 unspecified atom stereocenters. The Labute approximate surface area is 190 Å². The SMILES string of the molecule is CSNC(=O)c1cc(Cl)c(O)cc1F.FC(F)(F)Oc1ccc(N2CCCC2)cc1Cl. The monoisotopic (exact) mass is 500 g/mol. The zero-order valence-corrected chi connectivity index (χ0v) is 18.4. The highest BCUT2D eigenvalue weighted by Crippen LogP contribution is 2.34. The molecule has 0 atom stereocenters. The average molecular weight is 501 g/mol. The second kappa shape index (κ2) is 11.0. The van der Waals surface area contributed by atoms with Crippen molar-refractivity contribution in [1.29, 1.82) is 0 Å². The number of ether oxygens (including phenoxy) is 1. The number of hydrogen-bond acceptors (Lipinski definition) is 5. The number of rotatable bonds is 4. The van der Waals surface area contributed by atoms with Crippen molar-refractivity contribution >= 4 is 46.7 Å². The molecule has 3 rings (SSSR count). The van der Waals surface area contributed by atoms with Crippen LogP contribution in [0.15, 0.2) is 30.3 Å². The van der Waals surface area contributed by atoms with Crippen LogP contribution in [-0.4, -0.2) is 36.7 Å². The minimum Gasteiger partial charge on any atom is -0.506 e. The minimum atomic E-state index is -4.71. The topological polar surface area (TPSA) is 61.8 Å². The summed E-state index contributed by atoms with van der Waals surface area (Å²) in [6, 6.07) is 6.24. The lowest BCUT2D eigenvalue weighted by Crippen LogP contribution is -2.19. The van der Waals surface area contributed by atoms with Gasteiger partial charge in [-0.3, -0.25) is 9.52 Å². The standard InChI is InChI=1S/C11H11ClF3NO.C8H7ClFNO2S/c12-9-7-8(16-5-1-2-6-16)3-4-10(9)17-11(13,14)15;1-14-11-8(13)4-2-5(9)7(12)3-6(4)10/h3-4,7H,1-2,5-6H2;2-3,12H,1H3,(H,11,13). The van der Waals surface area contributed by atoms with Gasteiger partial charge in [0, 0.05) is 31.1 Å². The van der Waals surface area contributed by atoms with E-state index in [0.717, 1.165) is 55.7 Å². The second-order valence-electron chi connectivity index (χ2n) is 6.28. The van der Waals surface area contributed by atoms with Gasteiger partial charge in [0.2, 0.25) is 0 Å². The van der Waals surface area contributed by atoms with Crippen molar-refractivity contribution in [2.24, 2.45) is 0 Å². The molecule has 2 aromatic carbocycles. The van der Waals surface area contributed by atoms with Crippen LogP contribution in [0.2, 0.25) is 10.0 Å². The highest BCUT2D eigenvalue weighted by molar-refractivity contribution is 7.97. The van der Waals surface area contributed by atoms with E-state index in [0.29, 0.717) is 0 Å². The number of carbonyl (C=O) groups is 1. The number of benzene rings is 2. The van der Waals surface area contributed by atoms with E-state index in [1.54, 1.807) is 12.3 Å². The van der Waals surface area contributed by atoms with Crippen LogP contribution in [-0.2, 0) is 0 Å². The van der Waals surface area contributed by atoms with Crippen molar-refractivity contribution in [2.75, 3.05) is 24.2 Å². The maximum atomic E-state index is 13.1. The highest BCUT2D eigenvalue weighted by atomic mass is 35.5. The van der Waals surface area contributed by atoms with Crippen LogP contribution in [0.3, 0.4) is 0 Å². The molecule has 1 fully saturated rings. The number of carbonyl (C=O) groups excluding carboxylic acids is 1. The fraction of sp³-hybridized carbons (Fsp3) is 0.316. The summed E-state index contributed by atoms with van der Waals surface area (Å²) in [6.45, 7) is 1.83. The summed E-state index contributed by atoms with van der Waals surface area (Å²) in [5.41, 5.74) is 0.643. The molecule has 0 saturated carbocycles. The smallest absolute Gasteiger partial charge is 0.506 e. The molecule has 12 heteroatoms. The molecule has 1 saturated heterocycles. The molecular formula is C19H18Cl2F4N2O3S. The number of phenols is 1. The third kappa shape index (κ3) is 7.55. The zero-order valence-electron chi connectivity index (χ0n) is 16.1. The van der Waals surface area contributed by atoms with Crippen molar-refractivity contribution in [2.45, 2.75) is 19.2 Å². The van der Waals surface area contributed by atoms with Crippen LogP contribution in [0.1, 0.15) is 23.2 Å². The third-order valence-electron chi connectivity index (χ3n) is 4.09. The van der Waals surface area contributed by atoms with E-state index < -0.39 is 18.1 Å². The largest absolute Gasteiger partial charge is 0.573 e. The van der Waals surface area contributed by atoms with Gasteiger partial charge in [0.25, 0.3) is 5.91 Å². The maximum absolute atomic E-state index is 13.1. The first-order chi connectivity index (χ1) is 14.5. The Balaban J connectivity index is 0.000000225. The van der Waals surface area contributed by atoms with Crippen molar-refractivity contribution < 1.29 is 32.2 Å². The lowest BCUT2D eigenvalue weighted by atomic mass is 10.2. The maximum Gasteiger partial charge on any atom is 0.573 e. The van der Waals surface area contributed by atoms with Gasteiger partial charge in [0.15, 0.2) is 0 Å². The first-order valence-electron chi connectivity index (χ1n) is 8.83. The molecule has 1 aliphatic rings. The summed E-state index contributed by atoms with van der Waals surface area (Å²) in [7, 11) is 0. The number of hydrogen-bond donors (Lipinski definition) is 2. The summed E-state index contributed by atoms with van der Waals surface area (Å²) in [6.07, 6.45) is -0.881. The molecule has 0 aliphatic carbocycles. The Morgan fingerprint density at radius 2 is 1.81 bits per heavy atom. The Kier molecular flexibility index (Phi) is 8.96. The first-order valence-corrected chi connectivity index (χ1v) is 10.8. The Morgan fingerprint density at radius 3 is 2.35 bits per heavy atom. The molecular weight excluding hydrogens is 483 g/mol. The zero-order chi connectivity index (χ0) is 23.2. The minimum absolute atomic E-state index is 0.0216. The second-order valence-corrected chi connectivity index (χ2v) is 7.70. The van der Waals surface area contributed by atoms with Crippen molar-refractivity contribution in [3.05, 3.63) is 51.8 Å². The van der Waals surface area contributed by atoms with E-state index in [-0.39, 0.29) is 27.1 Å². The van der Waals surface area contributed by atoms with Gasteiger partial charge in [-0.25, -0.2) is 4.39 Å². The average Bonchev–Trinajstić information content (AvgIpc) is 3.21. The third-order valence-corrected chi connectivity index (χ3v) is 5.08. The van der Waals surface area contributed by atoms with Gasteiger partial charge in [-0.05, 0) is 37.1 Å². The molecule has 1 heterocycles. The number of aromatic hydroxyl groups is 1. The molecule has 1 aliphatic heterocycles. The lowest BCUT2D eigenvalue weighted by molar-refractivity contribution is -0.274.